The molecule has 0 spiro atoms. The summed E-state index contributed by atoms with van der Waals surface area (Å²) in [5, 5.41) is 0. The van der Waals surface area contributed by atoms with Gasteiger partial charge in [0, 0.05) is 0 Å². The number of nitrogens with zero attached hydrogens (tertiary/aromatic N) is 1. The predicted octanol–water partition coefficient (Wildman–Crippen LogP) is 3.62. The number of carbonyl (C=O) groups excluding carboxylic acids is 2. The van der Waals surface area contributed by atoms with Crippen molar-refractivity contribution in [1.82, 2.24) is 0 Å². The number of anilines is 1. The minimum Gasteiger partial charge on any atom is -0.497 e. The minimum atomic E-state index is -0.159. The second-order valence-corrected chi connectivity index (χ2v) is 7.67. The summed E-state index contributed by atoms with van der Waals surface area (Å²) in [4.78, 5) is 27.7. The molecule has 2 bridgehead atoms. The highest BCUT2D eigenvalue weighted by molar-refractivity contribution is 6.22. The van der Waals surface area contributed by atoms with E-state index in [4.69, 9.17) is 4.74 Å². The fourth-order valence-electron chi connectivity index (χ4n) is 5.53. The van der Waals surface area contributed by atoms with Crippen molar-refractivity contribution in [2.75, 3.05) is 12.0 Å². The Hall–Kier alpha value is -2.62. The minimum absolute atomic E-state index is 0.0100. The molecule has 4 heteroatoms. The number of carbonyl (C=O) groups is 2. The van der Waals surface area contributed by atoms with Crippen LogP contribution >= 0.6 is 0 Å². The summed E-state index contributed by atoms with van der Waals surface area (Å²) >= 11 is 0. The molecule has 1 saturated heterocycles. The number of imide groups is 1. The highest BCUT2D eigenvalue weighted by Crippen LogP contribution is 2.61. The van der Waals surface area contributed by atoms with Crippen molar-refractivity contribution in [2.45, 2.75) is 18.8 Å². The summed E-state index contributed by atoms with van der Waals surface area (Å²) in [6.45, 7) is 0. The average molecular weight is 347 g/mol. The topological polar surface area (TPSA) is 46.6 Å². The maximum Gasteiger partial charge on any atom is 0.237 e. The molecule has 2 amide bonds. The molecule has 0 radical (unpaired) electrons. The van der Waals surface area contributed by atoms with Gasteiger partial charge in [0.15, 0.2) is 0 Å². The van der Waals surface area contributed by atoms with Gasteiger partial charge < -0.3 is 4.74 Å². The van der Waals surface area contributed by atoms with E-state index in [0.717, 1.165) is 18.6 Å². The number of ether oxygens (including phenoxy) is 1. The van der Waals surface area contributed by atoms with Gasteiger partial charge in [-0.25, -0.2) is 0 Å². The maximum atomic E-state index is 13.2. The van der Waals surface area contributed by atoms with Crippen LogP contribution in [0.15, 0.2) is 54.6 Å². The van der Waals surface area contributed by atoms with Crippen molar-refractivity contribution >= 4 is 17.5 Å². The number of fused-ring (bicyclic) bond motifs is 5. The Bertz CT molecular complexity index is 861. The van der Waals surface area contributed by atoms with Crippen LogP contribution in [0, 0.1) is 23.7 Å². The van der Waals surface area contributed by atoms with Crippen LogP contribution in [-0.4, -0.2) is 18.9 Å². The predicted molar refractivity (Wildman–Crippen MR) is 97.9 cm³/mol. The third kappa shape index (κ3) is 2.08. The standard InChI is InChI=1S/C22H21NO3/c1-26-16-9-7-15(8-10-16)23-21(24)19-14-11-17(13-5-3-2-4-6-13)18(12-14)20(19)22(23)25/h2-10,14,17-20H,11-12H2,1H3. The van der Waals surface area contributed by atoms with Crippen molar-refractivity contribution in [3.63, 3.8) is 0 Å². The largest absolute Gasteiger partial charge is 0.497 e. The lowest BCUT2D eigenvalue weighted by molar-refractivity contribution is -0.123. The first-order chi connectivity index (χ1) is 12.7. The van der Waals surface area contributed by atoms with Crippen LogP contribution in [0.2, 0.25) is 0 Å². The van der Waals surface area contributed by atoms with E-state index in [1.54, 1.807) is 31.4 Å². The molecule has 2 aliphatic carbocycles. The first-order valence-corrected chi connectivity index (χ1v) is 9.26. The molecule has 3 aliphatic rings. The number of hydrogen-bond donors (Lipinski definition) is 0. The van der Waals surface area contributed by atoms with Crippen molar-refractivity contribution < 1.29 is 14.3 Å². The Kier molecular flexibility index (Phi) is 3.42. The molecule has 4 nitrogen and oxygen atoms in total. The van der Waals surface area contributed by atoms with Crippen LogP contribution in [0.4, 0.5) is 5.69 Å². The van der Waals surface area contributed by atoms with E-state index >= 15 is 0 Å². The van der Waals surface area contributed by atoms with E-state index in [-0.39, 0.29) is 29.6 Å². The second kappa shape index (κ2) is 5.70. The lowest BCUT2D eigenvalue weighted by Crippen LogP contribution is -2.32. The van der Waals surface area contributed by atoms with Gasteiger partial charge >= 0.3 is 0 Å². The van der Waals surface area contributed by atoms with Crippen molar-refractivity contribution in [3.05, 3.63) is 60.2 Å². The van der Waals surface area contributed by atoms with Crippen LogP contribution in [-0.2, 0) is 9.59 Å². The molecule has 3 fully saturated rings. The zero-order valence-corrected chi connectivity index (χ0v) is 14.7. The zero-order chi connectivity index (χ0) is 17.8. The van der Waals surface area contributed by atoms with Gasteiger partial charge in [-0.2, -0.15) is 0 Å². The molecule has 2 aromatic rings. The third-order valence-electron chi connectivity index (χ3n) is 6.57. The Morgan fingerprint density at radius 1 is 0.885 bits per heavy atom. The number of benzene rings is 2. The summed E-state index contributed by atoms with van der Waals surface area (Å²) in [7, 11) is 1.60. The Morgan fingerprint density at radius 3 is 2.27 bits per heavy atom. The Morgan fingerprint density at radius 2 is 1.58 bits per heavy atom. The van der Waals surface area contributed by atoms with E-state index in [9.17, 15) is 9.59 Å². The van der Waals surface area contributed by atoms with Crippen molar-refractivity contribution in [3.8, 4) is 5.75 Å². The molecule has 5 rings (SSSR count). The molecule has 1 aliphatic heterocycles. The van der Waals surface area contributed by atoms with Gasteiger partial charge in [0.05, 0.1) is 24.6 Å². The number of hydrogen-bond acceptors (Lipinski definition) is 3. The summed E-state index contributed by atoms with van der Waals surface area (Å²) in [5.74, 6) is 1.42. The highest BCUT2D eigenvalue weighted by Gasteiger charge is 2.64. The van der Waals surface area contributed by atoms with Gasteiger partial charge in [0.25, 0.3) is 0 Å². The van der Waals surface area contributed by atoms with Gasteiger partial charge in [-0.15, -0.1) is 0 Å². The lowest BCUT2D eigenvalue weighted by atomic mass is 9.73. The summed E-state index contributed by atoms with van der Waals surface area (Å²) < 4.78 is 5.18. The van der Waals surface area contributed by atoms with Crippen LogP contribution in [0.3, 0.4) is 0 Å². The van der Waals surface area contributed by atoms with E-state index in [2.05, 4.69) is 24.3 Å². The second-order valence-electron chi connectivity index (χ2n) is 7.67. The normalized spacial score (nSPS) is 32.2. The summed E-state index contributed by atoms with van der Waals surface area (Å²) in [6, 6.07) is 17.6. The van der Waals surface area contributed by atoms with Gasteiger partial charge in [0.2, 0.25) is 11.8 Å². The van der Waals surface area contributed by atoms with Crippen molar-refractivity contribution in [2.24, 2.45) is 23.7 Å². The molecule has 2 aromatic carbocycles. The molecular weight excluding hydrogens is 326 g/mol. The average Bonchev–Trinajstić information content (AvgIpc) is 3.34. The van der Waals surface area contributed by atoms with Gasteiger partial charge in [-0.3, -0.25) is 14.5 Å². The molecule has 5 atom stereocenters. The van der Waals surface area contributed by atoms with E-state index < -0.39 is 0 Å². The van der Waals surface area contributed by atoms with E-state index in [1.807, 2.05) is 6.07 Å². The smallest absolute Gasteiger partial charge is 0.237 e. The molecule has 5 unspecified atom stereocenters. The Balaban J connectivity index is 1.46. The summed E-state index contributed by atoms with van der Waals surface area (Å²) in [6.07, 6.45) is 2.02. The first kappa shape index (κ1) is 15.6. The number of rotatable bonds is 3. The Labute approximate surface area is 152 Å². The fourth-order valence-corrected chi connectivity index (χ4v) is 5.53. The van der Waals surface area contributed by atoms with Crippen LogP contribution < -0.4 is 9.64 Å². The van der Waals surface area contributed by atoms with Gasteiger partial charge in [0.1, 0.15) is 5.75 Å². The number of amides is 2. The van der Waals surface area contributed by atoms with Crippen LogP contribution in [0.25, 0.3) is 0 Å². The van der Waals surface area contributed by atoms with E-state index in [1.165, 1.54) is 10.5 Å². The maximum absolute atomic E-state index is 13.2. The highest BCUT2D eigenvalue weighted by atomic mass is 16.5. The van der Waals surface area contributed by atoms with Crippen molar-refractivity contribution in [1.29, 1.82) is 0 Å². The van der Waals surface area contributed by atoms with Gasteiger partial charge in [-0.1, -0.05) is 30.3 Å². The van der Waals surface area contributed by atoms with E-state index in [0.29, 0.717) is 17.5 Å². The lowest BCUT2D eigenvalue weighted by Gasteiger charge is -2.28. The fraction of sp³-hybridized carbons (Fsp3) is 0.364. The summed E-state index contributed by atoms with van der Waals surface area (Å²) in [5.41, 5.74) is 1.97. The molecule has 2 saturated carbocycles. The molecule has 0 N–H and O–H groups in total. The van der Waals surface area contributed by atoms with Gasteiger partial charge in [-0.05, 0) is 60.4 Å². The SMILES string of the molecule is COc1ccc(N2C(=O)C3C4CC(c5ccccc5)C(C4)C3C2=O)cc1. The quantitative estimate of drug-likeness (QED) is 0.797. The van der Waals surface area contributed by atoms with Crippen LogP contribution in [0.5, 0.6) is 5.75 Å². The molecular formula is C22H21NO3. The first-order valence-electron chi connectivity index (χ1n) is 9.26. The molecule has 0 aromatic heterocycles. The van der Waals surface area contributed by atoms with Crippen LogP contribution in [0.1, 0.15) is 24.3 Å². The monoisotopic (exact) mass is 347 g/mol. The number of methoxy groups -OCH3 is 1. The third-order valence-corrected chi connectivity index (χ3v) is 6.57. The molecule has 132 valence electrons. The molecule has 26 heavy (non-hydrogen) atoms. The molecule has 1 heterocycles. The zero-order valence-electron chi connectivity index (χ0n) is 14.7.